The normalized spacial score (nSPS) is 10.9. The third-order valence-corrected chi connectivity index (χ3v) is 7.21. The summed E-state index contributed by atoms with van der Waals surface area (Å²) in [6.07, 6.45) is 11.6. The predicted molar refractivity (Wildman–Crippen MR) is 167 cm³/mol. The van der Waals surface area contributed by atoms with Crippen molar-refractivity contribution in [2.45, 2.75) is 78.1 Å². The molecule has 2 N–H and O–H groups in total. The Hall–Kier alpha value is -3.99. The van der Waals surface area contributed by atoms with Crippen molar-refractivity contribution in [3.63, 3.8) is 0 Å². The van der Waals surface area contributed by atoms with E-state index in [1.807, 2.05) is 85.8 Å². The number of aromatic nitrogens is 1. The minimum atomic E-state index is -0.197. The van der Waals surface area contributed by atoms with Crippen LogP contribution in [-0.2, 0) is 4.79 Å². The Kier molecular flexibility index (Phi) is 10.9. The first kappa shape index (κ1) is 29.0. The largest absolute Gasteiger partial charge is 0.326 e. The van der Waals surface area contributed by atoms with E-state index >= 15 is 0 Å². The number of anilines is 2. The lowest BCUT2D eigenvalue weighted by molar-refractivity contribution is -0.116. The van der Waals surface area contributed by atoms with Crippen molar-refractivity contribution in [3.05, 3.63) is 90.0 Å². The first-order valence-electron chi connectivity index (χ1n) is 14.7. The molecule has 0 aliphatic rings. The lowest BCUT2D eigenvalue weighted by Crippen LogP contribution is -2.14. The van der Waals surface area contributed by atoms with E-state index in [2.05, 4.69) is 17.6 Å². The summed E-state index contributed by atoms with van der Waals surface area (Å²) < 4.78 is 0. The van der Waals surface area contributed by atoms with E-state index in [-0.39, 0.29) is 11.8 Å². The van der Waals surface area contributed by atoms with Crippen LogP contribution in [-0.4, -0.2) is 16.8 Å². The molecule has 5 heteroatoms. The molecule has 40 heavy (non-hydrogen) atoms. The zero-order valence-electron chi connectivity index (χ0n) is 23.8. The summed E-state index contributed by atoms with van der Waals surface area (Å²) in [7, 11) is 0. The molecule has 4 rings (SSSR count). The van der Waals surface area contributed by atoms with Crippen molar-refractivity contribution in [3.8, 4) is 11.3 Å². The first-order chi connectivity index (χ1) is 19.5. The van der Waals surface area contributed by atoms with Crippen molar-refractivity contribution < 1.29 is 9.59 Å². The number of aryl methyl sites for hydroxylation is 1. The number of pyridine rings is 1. The number of nitrogens with one attached hydrogen (secondary N) is 2. The molecule has 0 saturated heterocycles. The highest BCUT2D eigenvalue weighted by Gasteiger charge is 2.15. The van der Waals surface area contributed by atoms with Gasteiger partial charge in [0.15, 0.2) is 0 Å². The third-order valence-electron chi connectivity index (χ3n) is 7.21. The number of nitrogens with zero attached hydrogens (tertiary/aromatic N) is 1. The van der Waals surface area contributed by atoms with Crippen LogP contribution in [0.15, 0.2) is 78.9 Å². The van der Waals surface area contributed by atoms with Gasteiger partial charge in [-0.1, -0.05) is 100 Å². The van der Waals surface area contributed by atoms with Crippen LogP contribution in [0.4, 0.5) is 11.4 Å². The van der Waals surface area contributed by atoms with Crippen LogP contribution in [0.2, 0.25) is 0 Å². The molecule has 0 aliphatic heterocycles. The minimum Gasteiger partial charge on any atom is -0.326 e. The van der Waals surface area contributed by atoms with E-state index in [4.69, 9.17) is 4.98 Å². The molecule has 0 spiro atoms. The second-order valence-corrected chi connectivity index (χ2v) is 10.6. The second kappa shape index (κ2) is 15.0. The van der Waals surface area contributed by atoms with Gasteiger partial charge in [-0.05, 0) is 55.8 Å². The average molecular weight is 536 g/mol. The number of hydrogen-bond donors (Lipinski definition) is 2. The van der Waals surface area contributed by atoms with Gasteiger partial charge >= 0.3 is 0 Å². The van der Waals surface area contributed by atoms with E-state index in [9.17, 15) is 9.59 Å². The molecule has 2 amide bonds. The zero-order chi connectivity index (χ0) is 28.2. The summed E-state index contributed by atoms with van der Waals surface area (Å²) in [5.41, 5.74) is 5.54. The standard InChI is InChI=1S/C35H41N3O2/c1-3-4-5-6-7-8-9-10-14-17-34(39)36-28-19-21-29(22-20-28)37-35(40)31-25-33(27-15-12-11-13-16-27)38-32-23-18-26(2)24-30(31)32/h11-13,15-16,18-25H,3-10,14,17H2,1-2H3,(H,36,39)(H,37,40). The molecule has 5 nitrogen and oxygen atoms in total. The summed E-state index contributed by atoms with van der Waals surface area (Å²) in [5, 5.41) is 6.81. The van der Waals surface area contributed by atoms with Gasteiger partial charge in [-0.2, -0.15) is 0 Å². The highest BCUT2D eigenvalue weighted by atomic mass is 16.2. The lowest BCUT2D eigenvalue weighted by atomic mass is 10.0. The molecule has 1 aromatic heterocycles. The van der Waals surface area contributed by atoms with Gasteiger partial charge in [0.1, 0.15) is 0 Å². The fourth-order valence-corrected chi connectivity index (χ4v) is 4.94. The lowest BCUT2D eigenvalue weighted by Gasteiger charge is -2.12. The van der Waals surface area contributed by atoms with Crippen LogP contribution in [0, 0.1) is 6.92 Å². The third kappa shape index (κ3) is 8.51. The molecule has 0 saturated carbocycles. The Balaban J connectivity index is 1.32. The number of hydrogen-bond acceptors (Lipinski definition) is 3. The molecule has 0 atom stereocenters. The molecule has 0 unspecified atom stereocenters. The summed E-state index contributed by atoms with van der Waals surface area (Å²) in [5.74, 6) is -0.163. The molecule has 208 valence electrons. The van der Waals surface area contributed by atoms with Crippen molar-refractivity contribution in [2.75, 3.05) is 10.6 Å². The van der Waals surface area contributed by atoms with Crippen molar-refractivity contribution in [2.24, 2.45) is 0 Å². The number of carbonyl (C=O) groups excluding carboxylic acids is 2. The molecule has 0 radical (unpaired) electrons. The van der Waals surface area contributed by atoms with E-state index < -0.39 is 0 Å². The van der Waals surface area contributed by atoms with E-state index in [1.54, 1.807) is 0 Å². The Morgan fingerprint density at radius 1 is 0.700 bits per heavy atom. The van der Waals surface area contributed by atoms with E-state index in [0.717, 1.165) is 46.3 Å². The fraction of sp³-hybridized carbons (Fsp3) is 0.343. The summed E-state index contributed by atoms with van der Waals surface area (Å²) in [4.78, 5) is 30.6. The van der Waals surface area contributed by atoms with Crippen LogP contribution in [0.3, 0.4) is 0 Å². The maximum atomic E-state index is 13.4. The maximum Gasteiger partial charge on any atom is 0.256 e. The highest BCUT2D eigenvalue weighted by Crippen LogP contribution is 2.27. The Labute approximate surface area is 238 Å². The maximum absolute atomic E-state index is 13.4. The smallest absolute Gasteiger partial charge is 0.256 e. The average Bonchev–Trinajstić information content (AvgIpc) is 2.97. The summed E-state index contributed by atoms with van der Waals surface area (Å²) in [6.45, 7) is 4.25. The van der Waals surface area contributed by atoms with Crippen LogP contribution >= 0.6 is 0 Å². The second-order valence-electron chi connectivity index (χ2n) is 10.6. The number of rotatable bonds is 14. The van der Waals surface area contributed by atoms with Crippen LogP contribution in [0.5, 0.6) is 0 Å². The van der Waals surface area contributed by atoms with Gasteiger partial charge in [-0.25, -0.2) is 4.98 Å². The molecule has 0 aliphatic carbocycles. The molecule has 4 aromatic rings. The zero-order valence-corrected chi connectivity index (χ0v) is 23.8. The Morgan fingerprint density at radius 3 is 2.00 bits per heavy atom. The Bertz CT molecular complexity index is 1400. The van der Waals surface area contributed by atoms with E-state index in [1.165, 1.54) is 44.9 Å². The topological polar surface area (TPSA) is 71.1 Å². The van der Waals surface area contributed by atoms with Gasteiger partial charge < -0.3 is 10.6 Å². The summed E-state index contributed by atoms with van der Waals surface area (Å²) >= 11 is 0. The molecular weight excluding hydrogens is 494 g/mol. The van der Waals surface area contributed by atoms with Gasteiger partial charge in [0.05, 0.1) is 16.8 Å². The van der Waals surface area contributed by atoms with Gasteiger partial charge in [0.25, 0.3) is 5.91 Å². The van der Waals surface area contributed by atoms with Gasteiger partial charge in [-0.15, -0.1) is 0 Å². The van der Waals surface area contributed by atoms with Gasteiger partial charge in [-0.3, -0.25) is 9.59 Å². The monoisotopic (exact) mass is 535 g/mol. The minimum absolute atomic E-state index is 0.0341. The number of fused-ring (bicyclic) bond motifs is 1. The number of amides is 2. The number of carbonyl (C=O) groups is 2. The quantitative estimate of drug-likeness (QED) is 0.158. The van der Waals surface area contributed by atoms with Crippen molar-refractivity contribution in [1.82, 2.24) is 4.98 Å². The van der Waals surface area contributed by atoms with Gasteiger partial charge in [0.2, 0.25) is 5.91 Å². The highest BCUT2D eigenvalue weighted by molar-refractivity contribution is 6.13. The van der Waals surface area contributed by atoms with Crippen LogP contribution in [0.25, 0.3) is 22.2 Å². The predicted octanol–water partition coefficient (Wildman–Crippen LogP) is 9.32. The molecular formula is C35H41N3O2. The first-order valence-corrected chi connectivity index (χ1v) is 14.7. The van der Waals surface area contributed by atoms with Crippen LogP contribution in [0.1, 0.15) is 87.1 Å². The Morgan fingerprint density at radius 2 is 1.32 bits per heavy atom. The number of unbranched alkanes of at least 4 members (excludes halogenated alkanes) is 8. The van der Waals surface area contributed by atoms with Crippen molar-refractivity contribution >= 4 is 34.1 Å². The van der Waals surface area contributed by atoms with Crippen molar-refractivity contribution in [1.29, 1.82) is 0 Å². The van der Waals surface area contributed by atoms with E-state index in [0.29, 0.717) is 17.7 Å². The SMILES string of the molecule is CCCCCCCCCCCC(=O)Nc1ccc(NC(=O)c2cc(-c3ccccc3)nc3ccc(C)cc23)cc1. The fourth-order valence-electron chi connectivity index (χ4n) is 4.94. The molecule has 1 heterocycles. The summed E-state index contributed by atoms with van der Waals surface area (Å²) in [6, 6.07) is 25.0. The number of benzene rings is 3. The molecule has 0 fully saturated rings. The van der Waals surface area contributed by atoms with Gasteiger partial charge in [0, 0.05) is 28.7 Å². The van der Waals surface area contributed by atoms with Crippen LogP contribution < -0.4 is 10.6 Å². The molecule has 0 bridgehead atoms. The molecule has 3 aromatic carbocycles.